The van der Waals surface area contributed by atoms with E-state index in [0.717, 1.165) is 44.0 Å². The second-order valence-electron chi connectivity index (χ2n) is 6.75. The van der Waals surface area contributed by atoms with Gasteiger partial charge in [-0.05, 0) is 48.8 Å². The molecule has 1 fully saturated rings. The van der Waals surface area contributed by atoms with Gasteiger partial charge in [0.1, 0.15) is 0 Å². The molecule has 0 radical (unpaired) electrons. The lowest BCUT2D eigenvalue weighted by molar-refractivity contribution is -0.137. The predicted octanol–water partition coefficient (Wildman–Crippen LogP) is 4.66. The first-order valence-electron chi connectivity index (χ1n) is 7.68. The van der Waals surface area contributed by atoms with Crippen molar-refractivity contribution in [3.63, 3.8) is 0 Å². The van der Waals surface area contributed by atoms with Crippen molar-refractivity contribution >= 4 is 0 Å². The van der Waals surface area contributed by atoms with Gasteiger partial charge in [0.05, 0.1) is 5.56 Å². The number of alkyl halides is 3. The Morgan fingerprint density at radius 2 is 1.95 bits per heavy atom. The summed E-state index contributed by atoms with van der Waals surface area (Å²) in [6.07, 6.45) is -0.119. The molecule has 0 amide bonds. The molecule has 118 valence electrons. The van der Waals surface area contributed by atoms with Gasteiger partial charge in [0.15, 0.2) is 0 Å². The minimum Gasteiger partial charge on any atom is -0.316 e. The van der Waals surface area contributed by atoms with Gasteiger partial charge in [-0.3, -0.25) is 0 Å². The molecule has 4 heteroatoms. The normalized spacial score (nSPS) is 17.8. The van der Waals surface area contributed by atoms with Crippen molar-refractivity contribution in [2.75, 3.05) is 13.1 Å². The Morgan fingerprint density at radius 1 is 1.24 bits per heavy atom. The lowest BCUT2D eigenvalue weighted by Gasteiger charge is -2.42. The highest BCUT2D eigenvalue weighted by Gasteiger charge is 2.37. The van der Waals surface area contributed by atoms with Crippen LogP contribution in [0.5, 0.6) is 0 Å². The molecule has 21 heavy (non-hydrogen) atoms. The molecule has 0 atom stereocenters. The van der Waals surface area contributed by atoms with E-state index in [0.29, 0.717) is 5.92 Å². The molecular formula is C17H24F3N. The zero-order chi connectivity index (χ0) is 15.5. The second kappa shape index (κ2) is 6.39. The van der Waals surface area contributed by atoms with E-state index in [1.165, 1.54) is 18.6 Å². The molecule has 1 aliphatic carbocycles. The van der Waals surface area contributed by atoms with Crippen LogP contribution in [-0.2, 0) is 12.6 Å². The van der Waals surface area contributed by atoms with E-state index in [9.17, 15) is 13.2 Å². The van der Waals surface area contributed by atoms with Gasteiger partial charge in [0.25, 0.3) is 0 Å². The molecule has 1 N–H and O–H groups in total. The summed E-state index contributed by atoms with van der Waals surface area (Å²) in [4.78, 5) is 0. The topological polar surface area (TPSA) is 12.0 Å². The summed E-state index contributed by atoms with van der Waals surface area (Å²) in [7, 11) is 0. The van der Waals surface area contributed by atoms with Crippen molar-refractivity contribution in [3.05, 3.63) is 35.4 Å². The maximum Gasteiger partial charge on any atom is 0.416 e. The number of hydrogen-bond acceptors (Lipinski definition) is 1. The van der Waals surface area contributed by atoms with Crippen LogP contribution in [0, 0.1) is 11.3 Å². The summed E-state index contributed by atoms with van der Waals surface area (Å²) >= 11 is 0. The lowest BCUT2D eigenvalue weighted by Crippen LogP contribution is -2.42. The summed E-state index contributed by atoms with van der Waals surface area (Å²) in [6, 6.07) is 5.79. The molecule has 2 rings (SSSR count). The fourth-order valence-corrected chi connectivity index (χ4v) is 3.01. The number of benzene rings is 1. The molecule has 1 saturated carbocycles. The molecule has 0 aromatic heterocycles. The van der Waals surface area contributed by atoms with Crippen LogP contribution in [0.25, 0.3) is 0 Å². The van der Waals surface area contributed by atoms with Gasteiger partial charge < -0.3 is 5.32 Å². The van der Waals surface area contributed by atoms with Crippen LogP contribution in [0.2, 0.25) is 0 Å². The SMILES string of the molecule is CC(C)CNCC1(Cc2cccc(C(F)(F)F)c2)CCC1. The van der Waals surface area contributed by atoms with E-state index in [-0.39, 0.29) is 5.41 Å². The standard InChI is InChI=1S/C17H24F3N/c1-13(2)11-21-12-16(7-4-8-16)10-14-5-3-6-15(9-14)17(18,19)20/h3,5-6,9,13,21H,4,7-8,10-12H2,1-2H3. The van der Waals surface area contributed by atoms with Gasteiger partial charge in [0, 0.05) is 6.54 Å². The smallest absolute Gasteiger partial charge is 0.316 e. The fourth-order valence-electron chi connectivity index (χ4n) is 3.01. The monoisotopic (exact) mass is 299 g/mol. The van der Waals surface area contributed by atoms with Crippen molar-refractivity contribution < 1.29 is 13.2 Å². The van der Waals surface area contributed by atoms with Crippen LogP contribution >= 0.6 is 0 Å². The quantitative estimate of drug-likeness (QED) is 0.805. The summed E-state index contributed by atoms with van der Waals surface area (Å²) in [6.45, 7) is 6.19. The molecule has 1 aromatic carbocycles. The maximum absolute atomic E-state index is 12.8. The average molecular weight is 299 g/mol. The summed E-state index contributed by atoms with van der Waals surface area (Å²) in [5, 5.41) is 3.47. The Balaban J connectivity index is 2.01. The molecule has 0 unspecified atom stereocenters. The van der Waals surface area contributed by atoms with Gasteiger partial charge in [-0.25, -0.2) is 0 Å². The number of rotatable bonds is 6. The lowest BCUT2D eigenvalue weighted by atomic mass is 9.65. The zero-order valence-corrected chi connectivity index (χ0v) is 12.8. The second-order valence-corrected chi connectivity index (χ2v) is 6.75. The Morgan fingerprint density at radius 3 is 2.48 bits per heavy atom. The summed E-state index contributed by atoms with van der Waals surface area (Å²) in [5.74, 6) is 0.593. The van der Waals surface area contributed by atoms with E-state index in [1.54, 1.807) is 0 Å². The van der Waals surface area contributed by atoms with Crippen LogP contribution in [0.4, 0.5) is 13.2 Å². The first kappa shape index (κ1) is 16.3. The molecule has 1 aliphatic rings. The van der Waals surface area contributed by atoms with Crippen molar-refractivity contribution in [1.29, 1.82) is 0 Å². The Labute approximate surface area is 124 Å². The fraction of sp³-hybridized carbons (Fsp3) is 0.647. The van der Waals surface area contributed by atoms with Crippen LogP contribution in [0.1, 0.15) is 44.2 Å². The third-order valence-corrected chi connectivity index (χ3v) is 4.30. The maximum atomic E-state index is 12.8. The van der Waals surface area contributed by atoms with E-state index in [4.69, 9.17) is 0 Å². The van der Waals surface area contributed by atoms with E-state index < -0.39 is 11.7 Å². The summed E-state index contributed by atoms with van der Waals surface area (Å²) < 4.78 is 38.3. The zero-order valence-electron chi connectivity index (χ0n) is 12.8. The molecule has 0 spiro atoms. The van der Waals surface area contributed by atoms with Crippen LogP contribution in [0.15, 0.2) is 24.3 Å². The first-order valence-corrected chi connectivity index (χ1v) is 7.68. The molecule has 0 bridgehead atoms. The Bertz CT molecular complexity index is 461. The van der Waals surface area contributed by atoms with Crippen molar-refractivity contribution in [1.82, 2.24) is 5.32 Å². The third-order valence-electron chi connectivity index (χ3n) is 4.30. The van der Waals surface area contributed by atoms with Crippen molar-refractivity contribution in [3.8, 4) is 0 Å². The molecular weight excluding hydrogens is 275 g/mol. The number of halogens is 3. The average Bonchev–Trinajstić information content (AvgIpc) is 2.34. The van der Waals surface area contributed by atoms with E-state index in [2.05, 4.69) is 19.2 Å². The van der Waals surface area contributed by atoms with Crippen molar-refractivity contribution in [2.45, 2.75) is 45.7 Å². The Hall–Kier alpha value is -1.03. The van der Waals surface area contributed by atoms with Crippen LogP contribution < -0.4 is 5.32 Å². The highest BCUT2D eigenvalue weighted by molar-refractivity contribution is 5.27. The van der Waals surface area contributed by atoms with E-state index >= 15 is 0 Å². The first-order chi connectivity index (χ1) is 9.81. The highest BCUT2D eigenvalue weighted by atomic mass is 19.4. The van der Waals surface area contributed by atoms with Crippen LogP contribution in [-0.4, -0.2) is 13.1 Å². The van der Waals surface area contributed by atoms with Gasteiger partial charge in [-0.15, -0.1) is 0 Å². The minimum absolute atomic E-state index is 0.152. The molecule has 0 saturated heterocycles. The molecule has 1 aromatic rings. The largest absolute Gasteiger partial charge is 0.416 e. The van der Waals surface area contributed by atoms with Gasteiger partial charge in [-0.2, -0.15) is 13.2 Å². The number of hydrogen-bond donors (Lipinski definition) is 1. The molecule has 1 nitrogen and oxygen atoms in total. The minimum atomic E-state index is -4.25. The van der Waals surface area contributed by atoms with Crippen molar-refractivity contribution in [2.24, 2.45) is 11.3 Å². The summed E-state index contributed by atoms with van der Waals surface area (Å²) in [5.41, 5.74) is 0.416. The third kappa shape index (κ3) is 4.47. The molecule has 0 aliphatic heterocycles. The predicted molar refractivity (Wildman–Crippen MR) is 79.1 cm³/mol. The van der Waals surface area contributed by atoms with Crippen LogP contribution in [0.3, 0.4) is 0 Å². The van der Waals surface area contributed by atoms with Gasteiger partial charge in [0.2, 0.25) is 0 Å². The Kier molecular flexibility index (Phi) is 4.97. The highest BCUT2D eigenvalue weighted by Crippen LogP contribution is 2.43. The van der Waals surface area contributed by atoms with Gasteiger partial charge >= 0.3 is 6.18 Å². The number of nitrogens with one attached hydrogen (secondary N) is 1. The van der Waals surface area contributed by atoms with E-state index in [1.807, 2.05) is 6.07 Å². The van der Waals surface area contributed by atoms with Gasteiger partial charge in [-0.1, -0.05) is 38.5 Å². The molecule has 0 heterocycles.